The van der Waals surface area contributed by atoms with Crippen LogP contribution in [0.5, 0.6) is 0 Å². The van der Waals surface area contributed by atoms with E-state index in [-0.39, 0.29) is 0 Å². The van der Waals surface area contributed by atoms with Gasteiger partial charge in [-0.05, 0) is 55.3 Å². The standard InChI is InChI=1S/C16H22N2/c1-2-12-11-17-8-7-13(12)9-15-10-14-5-3-4-6-16(14)18-15/h3-6,10,12-13,17-18H,2,7-9,11H2,1H3/t12-,13+/m1/s1. The van der Waals surface area contributed by atoms with Crippen LogP contribution in [0.3, 0.4) is 0 Å². The van der Waals surface area contributed by atoms with Gasteiger partial charge in [0.15, 0.2) is 0 Å². The first-order chi connectivity index (χ1) is 8.86. The van der Waals surface area contributed by atoms with Crippen molar-refractivity contribution >= 4 is 10.9 Å². The van der Waals surface area contributed by atoms with E-state index >= 15 is 0 Å². The third-order valence-corrected chi connectivity index (χ3v) is 4.36. The molecular weight excluding hydrogens is 220 g/mol. The largest absolute Gasteiger partial charge is 0.358 e. The summed E-state index contributed by atoms with van der Waals surface area (Å²) in [5, 5.41) is 4.86. The molecule has 2 heteroatoms. The van der Waals surface area contributed by atoms with Crippen molar-refractivity contribution < 1.29 is 0 Å². The first-order valence-corrected chi connectivity index (χ1v) is 7.14. The molecule has 1 aromatic heterocycles. The summed E-state index contributed by atoms with van der Waals surface area (Å²) in [6.45, 7) is 4.69. The molecule has 1 fully saturated rings. The van der Waals surface area contributed by atoms with E-state index in [1.807, 2.05) is 0 Å². The Morgan fingerprint density at radius 2 is 2.11 bits per heavy atom. The number of fused-ring (bicyclic) bond motifs is 1. The van der Waals surface area contributed by atoms with Crippen LogP contribution < -0.4 is 5.32 Å². The third-order valence-electron chi connectivity index (χ3n) is 4.36. The maximum Gasteiger partial charge on any atom is 0.0456 e. The lowest BCUT2D eigenvalue weighted by atomic mass is 9.82. The Balaban J connectivity index is 1.78. The third kappa shape index (κ3) is 2.30. The fourth-order valence-electron chi connectivity index (χ4n) is 3.25. The van der Waals surface area contributed by atoms with E-state index in [0.29, 0.717) is 0 Å². The number of aromatic amines is 1. The van der Waals surface area contributed by atoms with Gasteiger partial charge in [0, 0.05) is 11.2 Å². The number of para-hydroxylation sites is 1. The Bertz CT molecular complexity index is 482. The smallest absolute Gasteiger partial charge is 0.0456 e. The van der Waals surface area contributed by atoms with Crippen LogP contribution in [0.15, 0.2) is 30.3 Å². The quantitative estimate of drug-likeness (QED) is 0.848. The molecule has 0 spiro atoms. The summed E-state index contributed by atoms with van der Waals surface area (Å²) in [6.07, 6.45) is 3.81. The molecule has 0 amide bonds. The second kappa shape index (κ2) is 5.15. The molecule has 18 heavy (non-hydrogen) atoms. The zero-order chi connectivity index (χ0) is 12.4. The molecule has 2 heterocycles. The highest BCUT2D eigenvalue weighted by molar-refractivity contribution is 5.80. The molecular formula is C16H22N2. The van der Waals surface area contributed by atoms with Gasteiger partial charge in [-0.3, -0.25) is 0 Å². The van der Waals surface area contributed by atoms with Gasteiger partial charge < -0.3 is 10.3 Å². The van der Waals surface area contributed by atoms with Gasteiger partial charge in [-0.1, -0.05) is 31.5 Å². The van der Waals surface area contributed by atoms with Crippen molar-refractivity contribution in [3.05, 3.63) is 36.0 Å². The van der Waals surface area contributed by atoms with Gasteiger partial charge in [0.1, 0.15) is 0 Å². The van der Waals surface area contributed by atoms with E-state index in [1.165, 1.54) is 48.9 Å². The van der Waals surface area contributed by atoms with E-state index in [2.05, 4.69) is 47.6 Å². The topological polar surface area (TPSA) is 27.8 Å². The van der Waals surface area contributed by atoms with Crippen LogP contribution in [0.2, 0.25) is 0 Å². The first-order valence-electron chi connectivity index (χ1n) is 7.14. The number of piperidine rings is 1. The maximum absolute atomic E-state index is 3.57. The minimum absolute atomic E-state index is 0.837. The lowest BCUT2D eigenvalue weighted by Gasteiger charge is -2.31. The molecule has 1 saturated heterocycles. The van der Waals surface area contributed by atoms with E-state index in [4.69, 9.17) is 0 Å². The summed E-state index contributed by atoms with van der Waals surface area (Å²) < 4.78 is 0. The summed E-state index contributed by atoms with van der Waals surface area (Å²) >= 11 is 0. The van der Waals surface area contributed by atoms with Crippen LogP contribution >= 0.6 is 0 Å². The second-order valence-electron chi connectivity index (χ2n) is 5.51. The number of hydrogen-bond donors (Lipinski definition) is 2. The molecule has 0 aliphatic carbocycles. The van der Waals surface area contributed by atoms with Crippen molar-refractivity contribution in [1.82, 2.24) is 10.3 Å². The molecule has 0 unspecified atom stereocenters. The average molecular weight is 242 g/mol. The number of hydrogen-bond acceptors (Lipinski definition) is 1. The zero-order valence-corrected chi connectivity index (χ0v) is 11.1. The Hall–Kier alpha value is -1.28. The molecule has 1 aliphatic rings. The predicted octanol–water partition coefficient (Wildman–Crippen LogP) is 3.35. The molecule has 1 aromatic carbocycles. The number of nitrogens with one attached hydrogen (secondary N) is 2. The molecule has 3 rings (SSSR count). The summed E-state index contributed by atoms with van der Waals surface area (Å²) in [6, 6.07) is 10.9. The Kier molecular flexibility index (Phi) is 3.37. The van der Waals surface area contributed by atoms with Crippen molar-refractivity contribution in [2.75, 3.05) is 13.1 Å². The van der Waals surface area contributed by atoms with Crippen LogP contribution in [-0.2, 0) is 6.42 Å². The normalized spacial score (nSPS) is 24.5. The monoisotopic (exact) mass is 242 g/mol. The van der Waals surface area contributed by atoms with Crippen molar-refractivity contribution in [2.24, 2.45) is 11.8 Å². The van der Waals surface area contributed by atoms with Crippen molar-refractivity contribution in [3.63, 3.8) is 0 Å². The number of rotatable bonds is 3. The average Bonchev–Trinajstić information content (AvgIpc) is 2.81. The van der Waals surface area contributed by atoms with E-state index in [9.17, 15) is 0 Å². The summed E-state index contributed by atoms with van der Waals surface area (Å²) in [7, 11) is 0. The molecule has 2 atom stereocenters. The molecule has 2 aromatic rings. The van der Waals surface area contributed by atoms with Gasteiger partial charge in [-0.25, -0.2) is 0 Å². The Labute approximate surface area is 109 Å². The SMILES string of the molecule is CC[C@@H]1CNCC[C@H]1Cc1cc2ccccc2[nH]1. The van der Waals surface area contributed by atoms with Gasteiger partial charge in [0.05, 0.1) is 0 Å². The van der Waals surface area contributed by atoms with Crippen molar-refractivity contribution in [3.8, 4) is 0 Å². The lowest BCUT2D eigenvalue weighted by Crippen LogP contribution is -2.37. The highest BCUT2D eigenvalue weighted by Crippen LogP contribution is 2.27. The van der Waals surface area contributed by atoms with Gasteiger partial charge in [-0.2, -0.15) is 0 Å². The van der Waals surface area contributed by atoms with Crippen LogP contribution in [-0.4, -0.2) is 18.1 Å². The second-order valence-corrected chi connectivity index (χ2v) is 5.51. The maximum atomic E-state index is 3.57. The van der Waals surface area contributed by atoms with Gasteiger partial charge >= 0.3 is 0 Å². The molecule has 0 bridgehead atoms. The van der Waals surface area contributed by atoms with Crippen molar-refractivity contribution in [2.45, 2.75) is 26.2 Å². The highest BCUT2D eigenvalue weighted by atomic mass is 14.9. The zero-order valence-electron chi connectivity index (χ0n) is 11.1. The van der Waals surface area contributed by atoms with E-state index < -0.39 is 0 Å². The molecule has 0 radical (unpaired) electrons. The fourth-order valence-corrected chi connectivity index (χ4v) is 3.25. The molecule has 96 valence electrons. The van der Waals surface area contributed by atoms with Crippen LogP contribution in [0.25, 0.3) is 10.9 Å². The summed E-state index contributed by atoms with van der Waals surface area (Å²) in [5.41, 5.74) is 2.68. The minimum Gasteiger partial charge on any atom is -0.358 e. The number of H-pyrrole nitrogens is 1. The van der Waals surface area contributed by atoms with E-state index in [1.54, 1.807) is 0 Å². The molecule has 2 N–H and O–H groups in total. The first kappa shape index (κ1) is 11.8. The predicted molar refractivity (Wildman–Crippen MR) is 76.8 cm³/mol. The number of aromatic nitrogens is 1. The van der Waals surface area contributed by atoms with Crippen molar-refractivity contribution in [1.29, 1.82) is 0 Å². The molecule has 1 aliphatic heterocycles. The minimum atomic E-state index is 0.837. The highest BCUT2D eigenvalue weighted by Gasteiger charge is 2.23. The van der Waals surface area contributed by atoms with Gasteiger partial charge in [-0.15, -0.1) is 0 Å². The Morgan fingerprint density at radius 3 is 2.94 bits per heavy atom. The van der Waals surface area contributed by atoms with E-state index in [0.717, 1.165) is 11.8 Å². The Morgan fingerprint density at radius 1 is 1.22 bits per heavy atom. The van der Waals surface area contributed by atoms with Crippen LogP contribution in [0.1, 0.15) is 25.5 Å². The molecule has 2 nitrogen and oxygen atoms in total. The van der Waals surface area contributed by atoms with Crippen LogP contribution in [0, 0.1) is 11.8 Å². The van der Waals surface area contributed by atoms with Gasteiger partial charge in [0.25, 0.3) is 0 Å². The molecule has 0 saturated carbocycles. The fraction of sp³-hybridized carbons (Fsp3) is 0.500. The summed E-state index contributed by atoms with van der Waals surface area (Å²) in [5.74, 6) is 1.68. The summed E-state index contributed by atoms with van der Waals surface area (Å²) in [4.78, 5) is 3.57. The van der Waals surface area contributed by atoms with Gasteiger partial charge in [0.2, 0.25) is 0 Å². The van der Waals surface area contributed by atoms with Crippen LogP contribution in [0.4, 0.5) is 0 Å². The lowest BCUT2D eigenvalue weighted by molar-refractivity contribution is 0.245. The number of benzene rings is 1.